The van der Waals surface area contributed by atoms with E-state index in [1.54, 1.807) is 12.1 Å². The summed E-state index contributed by atoms with van der Waals surface area (Å²) in [5, 5.41) is 2.83. The van der Waals surface area contributed by atoms with E-state index >= 15 is 0 Å². The van der Waals surface area contributed by atoms with Crippen molar-refractivity contribution in [2.45, 2.75) is 56.9 Å². The third-order valence-electron chi connectivity index (χ3n) is 5.10. The minimum Gasteiger partial charge on any atom is -0.322 e. The molecule has 6 heteroatoms. The lowest BCUT2D eigenvalue weighted by Gasteiger charge is -2.22. The highest BCUT2D eigenvalue weighted by Gasteiger charge is 2.22. The average Bonchev–Trinajstić information content (AvgIpc) is 2.65. The van der Waals surface area contributed by atoms with Crippen molar-refractivity contribution in [1.29, 1.82) is 0 Å². The first-order valence-electron chi connectivity index (χ1n) is 9.36. The van der Waals surface area contributed by atoms with E-state index in [0.717, 1.165) is 43.2 Å². The molecule has 0 saturated heterocycles. The number of carbonyl (C=O) groups excluding carboxylic acids is 1. The summed E-state index contributed by atoms with van der Waals surface area (Å²) in [5.74, 6) is -0.326. The number of carbonyl (C=O) groups is 1. The van der Waals surface area contributed by atoms with Crippen molar-refractivity contribution in [3.8, 4) is 0 Å². The Morgan fingerprint density at radius 3 is 2.41 bits per heavy atom. The maximum absolute atomic E-state index is 12.7. The molecule has 0 bridgehead atoms. The van der Waals surface area contributed by atoms with E-state index in [2.05, 4.69) is 10.0 Å². The van der Waals surface area contributed by atoms with Crippen molar-refractivity contribution in [3.05, 3.63) is 59.2 Å². The largest absolute Gasteiger partial charge is 0.322 e. The molecule has 0 heterocycles. The van der Waals surface area contributed by atoms with Gasteiger partial charge in [-0.25, -0.2) is 13.1 Å². The van der Waals surface area contributed by atoms with Crippen LogP contribution >= 0.6 is 0 Å². The van der Waals surface area contributed by atoms with E-state index in [-0.39, 0.29) is 16.8 Å². The Morgan fingerprint density at radius 2 is 1.70 bits per heavy atom. The van der Waals surface area contributed by atoms with Crippen molar-refractivity contribution in [2.75, 3.05) is 5.32 Å². The van der Waals surface area contributed by atoms with Gasteiger partial charge in [0.1, 0.15) is 0 Å². The van der Waals surface area contributed by atoms with Gasteiger partial charge >= 0.3 is 0 Å². The summed E-state index contributed by atoms with van der Waals surface area (Å²) in [6.45, 7) is 3.99. The molecule has 1 aliphatic rings. The zero-order chi connectivity index (χ0) is 19.4. The first-order chi connectivity index (χ1) is 12.8. The molecule has 0 aliphatic heterocycles. The van der Waals surface area contributed by atoms with Gasteiger partial charge in [-0.2, -0.15) is 0 Å². The first-order valence-corrected chi connectivity index (χ1v) is 10.8. The predicted octanol–water partition coefficient (Wildman–Crippen LogP) is 4.17. The fourth-order valence-corrected chi connectivity index (χ4v) is 4.69. The van der Waals surface area contributed by atoms with Gasteiger partial charge in [-0.05, 0) is 68.1 Å². The van der Waals surface area contributed by atoms with Gasteiger partial charge in [0.05, 0.1) is 4.90 Å². The Kier molecular flexibility index (Phi) is 5.97. The van der Waals surface area contributed by atoms with Gasteiger partial charge in [0.15, 0.2) is 0 Å². The molecule has 0 unspecified atom stereocenters. The summed E-state index contributed by atoms with van der Waals surface area (Å²) in [7, 11) is -3.63. The number of rotatable bonds is 5. The Hall–Kier alpha value is -2.18. The van der Waals surface area contributed by atoms with Gasteiger partial charge < -0.3 is 5.32 Å². The number of aryl methyl sites for hydroxylation is 2. The van der Waals surface area contributed by atoms with Crippen molar-refractivity contribution >= 4 is 21.6 Å². The van der Waals surface area contributed by atoms with Crippen LogP contribution in [0.4, 0.5) is 5.69 Å². The molecule has 1 aliphatic carbocycles. The first kappa shape index (κ1) is 19.6. The summed E-state index contributed by atoms with van der Waals surface area (Å²) >= 11 is 0. The lowest BCUT2D eigenvalue weighted by Crippen LogP contribution is -2.36. The zero-order valence-electron chi connectivity index (χ0n) is 15.8. The molecular formula is C21H26N2O3S. The van der Waals surface area contributed by atoms with Crippen LogP contribution in [-0.2, 0) is 10.0 Å². The molecule has 2 N–H and O–H groups in total. The molecule has 0 atom stereocenters. The lowest BCUT2D eigenvalue weighted by molar-refractivity contribution is 0.102. The number of hydrogen-bond donors (Lipinski definition) is 2. The van der Waals surface area contributed by atoms with Crippen LogP contribution in [0.25, 0.3) is 0 Å². The summed E-state index contributed by atoms with van der Waals surface area (Å²) in [6.07, 6.45) is 4.99. The summed E-state index contributed by atoms with van der Waals surface area (Å²) in [5.41, 5.74) is 3.24. The minimum atomic E-state index is -3.63. The molecule has 2 aromatic rings. The van der Waals surface area contributed by atoms with E-state index in [1.165, 1.54) is 12.1 Å². The number of hydrogen-bond acceptors (Lipinski definition) is 3. The standard InChI is InChI=1S/C21H26N2O3S/c1-15-11-12-19(13-16(15)2)22-21(24)17-7-6-10-20(14-17)27(25,26)23-18-8-4-3-5-9-18/h6-7,10-14,18,23H,3-5,8-9H2,1-2H3,(H,22,24). The SMILES string of the molecule is Cc1ccc(NC(=O)c2cccc(S(=O)(=O)NC3CCCCC3)c2)cc1C. The smallest absolute Gasteiger partial charge is 0.255 e. The van der Waals surface area contributed by atoms with E-state index < -0.39 is 10.0 Å². The normalized spacial score (nSPS) is 15.5. The van der Waals surface area contributed by atoms with Crippen LogP contribution in [0.2, 0.25) is 0 Å². The number of benzene rings is 2. The van der Waals surface area contributed by atoms with Crippen LogP contribution in [0.1, 0.15) is 53.6 Å². The summed E-state index contributed by atoms with van der Waals surface area (Å²) < 4.78 is 28.1. The Bertz CT molecular complexity index is 932. The van der Waals surface area contributed by atoms with Crippen molar-refractivity contribution in [3.63, 3.8) is 0 Å². The second-order valence-electron chi connectivity index (χ2n) is 7.24. The molecule has 144 valence electrons. The maximum atomic E-state index is 12.7. The van der Waals surface area contributed by atoms with Crippen LogP contribution in [0.15, 0.2) is 47.4 Å². The van der Waals surface area contributed by atoms with Crippen molar-refractivity contribution in [1.82, 2.24) is 4.72 Å². The Labute approximate surface area is 161 Å². The van der Waals surface area contributed by atoms with Gasteiger partial charge in [-0.3, -0.25) is 4.79 Å². The van der Waals surface area contributed by atoms with Crippen LogP contribution in [0, 0.1) is 13.8 Å². The van der Waals surface area contributed by atoms with Crippen LogP contribution in [-0.4, -0.2) is 20.4 Å². The molecule has 0 radical (unpaired) electrons. The topological polar surface area (TPSA) is 75.3 Å². The third kappa shape index (κ3) is 4.96. The van der Waals surface area contributed by atoms with E-state index in [4.69, 9.17) is 0 Å². The molecule has 0 aromatic heterocycles. The molecule has 0 spiro atoms. The lowest BCUT2D eigenvalue weighted by atomic mass is 9.96. The number of anilines is 1. The quantitative estimate of drug-likeness (QED) is 0.810. The Morgan fingerprint density at radius 1 is 0.963 bits per heavy atom. The number of amides is 1. The molecule has 1 saturated carbocycles. The monoisotopic (exact) mass is 386 g/mol. The van der Waals surface area contributed by atoms with E-state index in [9.17, 15) is 13.2 Å². The highest BCUT2D eigenvalue weighted by Crippen LogP contribution is 2.21. The average molecular weight is 387 g/mol. The molecule has 5 nitrogen and oxygen atoms in total. The summed E-state index contributed by atoms with van der Waals surface area (Å²) in [4.78, 5) is 12.7. The highest BCUT2D eigenvalue weighted by molar-refractivity contribution is 7.89. The fraction of sp³-hybridized carbons (Fsp3) is 0.381. The van der Waals surface area contributed by atoms with Crippen LogP contribution < -0.4 is 10.0 Å². The van der Waals surface area contributed by atoms with Gasteiger partial charge in [-0.15, -0.1) is 0 Å². The zero-order valence-corrected chi connectivity index (χ0v) is 16.6. The van der Waals surface area contributed by atoms with Gasteiger partial charge in [0, 0.05) is 17.3 Å². The van der Waals surface area contributed by atoms with Crippen LogP contribution in [0.3, 0.4) is 0 Å². The van der Waals surface area contributed by atoms with E-state index in [0.29, 0.717) is 11.3 Å². The second-order valence-corrected chi connectivity index (χ2v) is 8.95. The molecule has 2 aromatic carbocycles. The number of nitrogens with one attached hydrogen (secondary N) is 2. The van der Waals surface area contributed by atoms with Gasteiger partial charge in [-0.1, -0.05) is 31.4 Å². The third-order valence-corrected chi connectivity index (χ3v) is 6.62. The highest BCUT2D eigenvalue weighted by atomic mass is 32.2. The molecule has 1 amide bonds. The van der Waals surface area contributed by atoms with Gasteiger partial charge in [0.25, 0.3) is 5.91 Å². The van der Waals surface area contributed by atoms with Crippen molar-refractivity contribution < 1.29 is 13.2 Å². The number of sulfonamides is 1. The fourth-order valence-electron chi connectivity index (χ4n) is 3.33. The molecule has 1 fully saturated rings. The predicted molar refractivity (Wildman–Crippen MR) is 108 cm³/mol. The molecule has 27 heavy (non-hydrogen) atoms. The maximum Gasteiger partial charge on any atom is 0.255 e. The van der Waals surface area contributed by atoms with Crippen LogP contribution in [0.5, 0.6) is 0 Å². The Balaban J connectivity index is 1.75. The van der Waals surface area contributed by atoms with Gasteiger partial charge in [0.2, 0.25) is 10.0 Å². The minimum absolute atomic E-state index is 0.0169. The summed E-state index contributed by atoms with van der Waals surface area (Å²) in [6, 6.07) is 11.8. The second kappa shape index (κ2) is 8.23. The molecular weight excluding hydrogens is 360 g/mol. The van der Waals surface area contributed by atoms with E-state index in [1.807, 2.05) is 32.0 Å². The molecule has 3 rings (SSSR count). The van der Waals surface area contributed by atoms with Crippen molar-refractivity contribution in [2.24, 2.45) is 0 Å².